The predicted octanol–water partition coefficient (Wildman–Crippen LogP) is 1.82. The standard InChI is InChI=1S/C14H24N2O/c17-13(16-12-3-1-2-4-12)9-15-14(10-5-6-10)11-7-8-11/h10-12,14-15H,1-9H2,(H,16,17). The van der Waals surface area contributed by atoms with Crippen molar-refractivity contribution in [3.05, 3.63) is 0 Å². The molecule has 17 heavy (non-hydrogen) atoms. The minimum atomic E-state index is 0.211. The van der Waals surface area contributed by atoms with Gasteiger partial charge in [0.1, 0.15) is 0 Å². The third kappa shape index (κ3) is 3.21. The number of hydrogen-bond donors (Lipinski definition) is 2. The molecule has 0 saturated heterocycles. The van der Waals surface area contributed by atoms with Gasteiger partial charge >= 0.3 is 0 Å². The van der Waals surface area contributed by atoms with Gasteiger partial charge in [0, 0.05) is 12.1 Å². The Kier molecular flexibility index (Phi) is 3.37. The van der Waals surface area contributed by atoms with Crippen LogP contribution in [0.1, 0.15) is 51.4 Å². The highest BCUT2D eigenvalue weighted by Gasteiger charge is 2.41. The van der Waals surface area contributed by atoms with E-state index in [2.05, 4.69) is 10.6 Å². The number of carbonyl (C=O) groups is 1. The summed E-state index contributed by atoms with van der Waals surface area (Å²) in [6, 6.07) is 1.11. The van der Waals surface area contributed by atoms with Gasteiger partial charge in [-0.05, 0) is 50.4 Å². The van der Waals surface area contributed by atoms with Gasteiger partial charge in [-0.2, -0.15) is 0 Å². The van der Waals surface area contributed by atoms with E-state index in [1.165, 1.54) is 51.4 Å². The monoisotopic (exact) mass is 236 g/mol. The van der Waals surface area contributed by atoms with Gasteiger partial charge in [-0.15, -0.1) is 0 Å². The molecule has 1 amide bonds. The maximum atomic E-state index is 11.8. The molecule has 3 rings (SSSR count). The van der Waals surface area contributed by atoms with Crippen LogP contribution in [0.5, 0.6) is 0 Å². The van der Waals surface area contributed by atoms with Crippen molar-refractivity contribution in [3.63, 3.8) is 0 Å². The lowest BCUT2D eigenvalue weighted by Crippen LogP contribution is -2.43. The van der Waals surface area contributed by atoms with Crippen LogP contribution in [0.4, 0.5) is 0 Å². The van der Waals surface area contributed by atoms with Crippen molar-refractivity contribution in [1.82, 2.24) is 10.6 Å². The molecule has 0 radical (unpaired) electrons. The van der Waals surface area contributed by atoms with E-state index in [4.69, 9.17) is 0 Å². The quantitative estimate of drug-likeness (QED) is 0.738. The lowest BCUT2D eigenvalue weighted by atomic mass is 10.1. The Hall–Kier alpha value is -0.570. The second kappa shape index (κ2) is 4.97. The molecule has 0 atom stereocenters. The highest BCUT2D eigenvalue weighted by Crippen LogP contribution is 2.44. The fourth-order valence-corrected chi connectivity index (χ4v) is 3.19. The van der Waals surface area contributed by atoms with Crippen LogP contribution in [-0.2, 0) is 4.79 Å². The lowest BCUT2D eigenvalue weighted by molar-refractivity contribution is -0.121. The summed E-state index contributed by atoms with van der Waals surface area (Å²) >= 11 is 0. The molecule has 3 aliphatic carbocycles. The molecular formula is C14H24N2O. The smallest absolute Gasteiger partial charge is 0.234 e. The maximum absolute atomic E-state index is 11.8. The van der Waals surface area contributed by atoms with Crippen molar-refractivity contribution in [1.29, 1.82) is 0 Å². The SMILES string of the molecule is O=C(CNC(C1CC1)C1CC1)NC1CCCC1. The molecule has 0 aliphatic heterocycles. The van der Waals surface area contributed by atoms with E-state index in [0.29, 0.717) is 18.6 Å². The fraction of sp³-hybridized carbons (Fsp3) is 0.929. The van der Waals surface area contributed by atoms with E-state index in [0.717, 1.165) is 11.8 Å². The summed E-state index contributed by atoms with van der Waals surface area (Å²) < 4.78 is 0. The van der Waals surface area contributed by atoms with Crippen LogP contribution in [0.15, 0.2) is 0 Å². The van der Waals surface area contributed by atoms with Gasteiger partial charge < -0.3 is 10.6 Å². The van der Waals surface area contributed by atoms with Crippen molar-refractivity contribution < 1.29 is 4.79 Å². The third-order valence-corrected chi connectivity index (χ3v) is 4.48. The van der Waals surface area contributed by atoms with E-state index in [-0.39, 0.29) is 5.91 Å². The van der Waals surface area contributed by atoms with Gasteiger partial charge in [0.15, 0.2) is 0 Å². The van der Waals surface area contributed by atoms with Gasteiger partial charge in [-0.3, -0.25) is 4.79 Å². The molecule has 3 nitrogen and oxygen atoms in total. The Morgan fingerprint density at radius 3 is 2.12 bits per heavy atom. The summed E-state index contributed by atoms with van der Waals surface area (Å²) in [5, 5.41) is 6.66. The lowest BCUT2D eigenvalue weighted by Gasteiger charge is -2.18. The topological polar surface area (TPSA) is 41.1 Å². The molecule has 0 aromatic heterocycles. The number of nitrogens with one attached hydrogen (secondary N) is 2. The van der Waals surface area contributed by atoms with E-state index in [1.54, 1.807) is 0 Å². The summed E-state index contributed by atoms with van der Waals surface area (Å²) in [4.78, 5) is 11.8. The van der Waals surface area contributed by atoms with Crippen molar-refractivity contribution in [2.24, 2.45) is 11.8 Å². The van der Waals surface area contributed by atoms with Gasteiger partial charge in [0.05, 0.1) is 6.54 Å². The summed E-state index contributed by atoms with van der Waals surface area (Å²) in [6.45, 7) is 0.536. The molecule has 0 aromatic rings. The highest BCUT2D eigenvalue weighted by atomic mass is 16.2. The molecule has 0 unspecified atom stereocenters. The number of hydrogen-bond acceptors (Lipinski definition) is 2. The molecule has 3 fully saturated rings. The minimum absolute atomic E-state index is 0.211. The first kappa shape index (κ1) is 11.5. The maximum Gasteiger partial charge on any atom is 0.234 e. The predicted molar refractivity (Wildman–Crippen MR) is 67.6 cm³/mol. The normalized spacial score (nSPS) is 25.5. The van der Waals surface area contributed by atoms with Crippen LogP contribution in [0, 0.1) is 11.8 Å². The van der Waals surface area contributed by atoms with Crippen molar-refractivity contribution in [2.75, 3.05) is 6.54 Å². The molecule has 3 aliphatic rings. The number of amides is 1. The van der Waals surface area contributed by atoms with Gasteiger partial charge in [0.2, 0.25) is 5.91 Å². The fourth-order valence-electron chi connectivity index (χ4n) is 3.19. The van der Waals surface area contributed by atoms with Crippen LogP contribution >= 0.6 is 0 Å². The van der Waals surface area contributed by atoms with Gasteiger partial charge in [-0.25, -0.2) is 0 Å². The second-order valence-corrected chi connectivity index (χ2v) is 6.13. The van der Waals surface area contributed by atoms with Crippen LogP contribution in [0.25, 0.3) is 0 Å². The van der Waals surface area contributed by atoms with Gasteiger partial charge in [-0.1, -0.05) is 12.8 Å². The molecule has 0 bridgehead atoms. The van der Waals surface area contributed by atoms with Crippen molar-refractivity contribution >= 4 is 5.91 Å². The Balaban J connectivity index is 1.38. The molecule has 0 heterocycles. The average Bonchev–Trinajstić information content (AvgIpc) is 3.22. The zero-order valence-electron chi connectivity index (χ0n) is 10.6. The molecule has 3 heteroatoms. The number of carbonyl (C=O) groups excluding carboxylic acids is 1. The molecule has 0 spiro atoms. The minimum Gasteiger partial charge on any atom is -0.352 e. The zero-order chi connectivity index (χ0) is 11.7. The van der Waals surface area contributed by atoms with Crippen LogP contribution in [0.2, 0.25) is 0 Å². The Bertz CT molecular complexity index is 266. The highest BCUT2D eigenvalue weighted by molar-refractivity contribution is 5.78. The van der Waals surface area contributed by atoms with Crippen LogP contribution in [-0.4, -0.2) is 24.5 Å². The first-order valence-corrected chi connectivity index (χ1v) is 7.35. The third-order valence-electron chi connectivity index (χ3n) is 4.48. The van der Waals surface area contributed by atoms with E-state index in [1.807, 2.05) is 0 Å². The Morgan fingerprint density at radius 2 is 1.59 bits per heavy atom. The van der Waals surface area contributed by atoms with Crippen LogP contribution in [0.3, 0.4) is 0 Å². The molecule has 0 aromatic carbocycles. The first-order valence-electron chi connectivity index (χ1n) is 7.35. The first-order chi connectivity index (χ1) is 8.33. The Labute approximate surface area is 104 Å². The summed E-state index contributed by atoms with van der Waals surface area (Å²) in [6.07, 6.45) is 10.4. The number of rotatable bonds is 6. The summed E-state index contributed by atoms with van der Waals surface area (Å²) in [5.41, 5.74) is 0. The zero-order valence-corrected chi connectivity index (χ0v) is 10.6. The molecular weight excluding hydrogens is 212 g/mol. The largest absolute Gasteiger partial charge is 0.352 e. The molecule has 3 saturated carbocycles. The van der Waals surface area contributed by atoms with Crippen molar-refractivity contribution in [2.45, 2.75) is 63.5 Å². The summed E-state index contributed by atoms with van der Waals surface area (Å²) in [5.74, 6) is 1.96. The van der Waals surface area contributed by atoms with E-state index >= 15 is 0 Å². The van der Waals surface area contributed by atoms with Crippen LogP contribution < -0.4 is 10.6 Å². The second-order valence-electron chi connectivity index (χ2n) is 6.13. The molecule has 96 valence electrons. The van der Waals surface area contributed by atoms with E-state index in [9.17, 15) is 4.79 Å². The summed E-state index contributed by atoms with van der Waals surface area (Å²) in [7, 11) is 0. The average molecular weight is 236 g/mol. The molecule has 2 N–H and O–H groups in total. The van der Waals surface area contributed by atoms with Gasteiger partial charge in [0.25, 0.3) is 0 Å². The van der Waals surface area contributed by atoms with E-state index < -0.39 is 0 Å². The van der Waals surface area contributed by atoms with Crippen molar-refractivity contribution in [3.8, 4) is 0 Å². The Morgan fingerprint density at radius 1 is 1.00 bits per heavy atom.